The fraction of sp³-hybridized carbons (Fsp3) is 0. The van der Waals surface area contributed by atoms with E-state index in [9.17, 15) is 18.5 Å². The molecule has 0 saturated carbocycles. The number of halogens is 1. The molecule has 0 aliphatic carbocycles. The third-order valence-corrected chi connectivity index (χ3v) is 6.84. The number of nitriles is 1. The minimum atomic E-state index is -4.16. The monoisotopic (exact) mass is 532 g/mol. The Morgan fingerprint density at radius 1 is 0.912 bits per heavy atom. The van der Waals surface area contributed by atoms with E-state index in [1.807, 2.05) is 30.3 Å². The summed E-state index contributed by atoms with van der Waals surface area (Å²) in [4.78, 5) is 12.7. The summed E-state index contributed by atoms with van der Waals surface area (Å²) >= 11 is 3.34. The largest absolute Gasteiger partial charge is 0.378 e. The Hall–Kier alpha value is -3.93. The van der Waals surface area contributed by atoms with E-state index in [4.69, 9.17) is 4.18 Å². The number of anilines is 1. The van der Waals surface area contributed by atoms with Crippen LogP contribution in [0, 0.1) is 11.3 Å². The first-order valence-corrected chi connectivity index (χ1v) is 12.3. The van der Waals surface area contributed by atoms with Gasteiger partial charge >= 0.3 is 10.1 Å². The standard InChI is InChI=1S/C26H17BrN2O4S/c27-23-10-4-5-11-24(23)29-26(30)21(17-28)15-20-9-3-6-12-25(20)33-34(31,32)22-14-13-18-7-1-2-8-19(18)16-22/h1-16H,(H,29,30)/b21-15+. The summed E-state index contributed by atoms with van der Waals surface area (Å²) in [7, 11) is -4.16. The highest BCUT2D eigenvalue weighted by atomic mass is 79.9. The van der Waals surface area contributed by atoms with Crippen LogP contribution in [-0.4, -0.2) is 14.3 Å². The fourth-order valence-corrected chi connectivity index (χ4v) is 4.60. The van der Waals surface area contributed by atoms with Gasteiger partial charge in [0.05, 0.1) is 5.69 Å². The van der Waals surface area contributed by atoms with Crippen LogP contribution in [0.3, 0.4) is 0 Å². The van der Waals surface area contributed by atoms with Gasteiger partial charge in [0.2, 0.25) is 0 Å². The lowest BCUT2D eigenvalue weighted by atomic mass is 10.1. The molecule has 1 amide bonds. The first-order chi connectivity index (χ1) is 16.4. The highest BCUT2D eigenvalue weighted by Crippen LogP contribution is 2.27. The number of nitrogens with zero attached hydrogens (tertiary/aromatic N) is 1. The molecule has 4 rings (SSSR count). The summed E-state index contributed by atoms with van der Waals surface area (Å²) < 4.78 is 32.0. The van der Waals surface area contributed by atoms with Crippen LogP contribution in [0.15, 0.2) is 106 Å². The Bertz CT molecular complexity index is 1570. The third kappa shape index (κ3) is 5.17. The van der Waals surface area contributed by atoms with Gasteiger partial charge in [0, 0.05) is 10.0 Å². The van der Waals surface area contributed by atoms with Crippen LogP contribution in [0.2, 0.25) is 0 Å². The zero-order chi connectivity index (χ0) is 24.1. The van der Waals surface area contributed by atoms with Gasteiger partial charge in [0.1, 0.15) is 22.3 Å². The summed E-state index contributed by atoms with van der Waals surface area (Å²) in [5.74, 6) is -0.640. The quantitative estimate of drug-likeness (QED) is 0.189. The van der Waals surface area contributed by atoms with E-state index in [2.05, 4.69) is 21.2 Å². The lowest BCUT2D eigenvalue weighted by molar-refractivity contribution is -0.112. The number of amides is 1. The lowest BCUT2D eigenvalue weighted by Gasteiger charge is -2.11. The molecule has 6 nitrogen and oxygen atoms in total. The van der Waals surface area contributed by atoms with Gasteiger partial charge in [-0.15, -0.1) is 0 Å². The molecule has 0 atom stereocenters. The first-order valence-electron chi connectivity index (χ1n) is 10.1. The van der Waals surface area contributed by atoms with E-state index in [1.54, 1.807) is 48.5 Å². The van der Waals surface area contributed by atoms with Gasteiger partial charge in [-0.1, -0.05) is 60.7 Å². The molecule has 4 aromatic rings. The van der Waals surface area contributed by atoms with Crippen molar-refractivity contribution in [2.45, 2.75) is 4.90 Å². The van der Waals surface area contributed by atoms with Crippen LogP contribution in [-0.2, 0) is 14.9 Å². The second-order valence-corrected chi connectivity index (χ2v) is 9.59. The van der Waals surface area contributed by atoms with Crippen molar-refractivity contribution in [2.75, 3.05) is 5.32 Å². The SMILES string of the molecule is N#C/C(=C\c1ccccc1OS(=O)(=O)c1ccc2ccccc2c1)C(=O)Nc1ccccc1Br. The number of hydrogen-bond acceptors (Lipinski definition) is 5. The van der Waals surface area contributed by atoms with E-state index in [-0.39, 0.29) is 21.8 Å². The molecule has 0 radical (unpaired) electrons. The number of benzene rings is 4. The van der Waals surface area contributed by atoms with Crippen molar-refractivity contribution in [1.82, 2.24) is 0 Å². The molecule has 4 aromatic carbocycles. The van der Waals surface area contributed by atoms with Crippen molar-refractivity contribution in [3.8, 4) is 11.8 Å². The molecule has 168 valence electrons. The summed E-state index contributed by atoms with van der Waals surface area (Å²) in [6.07, 6.45) is 1.29. The van der Waals surface area contributed by atoms with Crippen molar-refractivity contribution < 1.29 is 17.4 Å². The van der Waals surface area contributed by atoms with Gasteiger partial charge in [0.15, 0.2) is 0 Å². The number of carbonyl (C=O) groups is 1. The average molecular weight is 533 g/mol. The van der Waals surface area contributed by atoms with E-state index in [0.29, 0.717) is 10.2 Å². The number of nitrogens with one attached hydrogen (secondary N) is 1. The molecule has 0 saturated heterocycles. The van der Waals surface area contributed by atoms with E-state index in [0.717, 1.165) is 10.8 Å². The van der Waals surface area contributed by atoms with E-state index in [1.165, 1.54) is 24.3 Å². The predicted octanol–water partition coefficient (Wildman–Crippen LogP) is 5.92. The molecule has 8 heteroatoms. The molecule has 0 aliphatic heterocycles. The maximum absolute atomic E-state index is 13.0. The molecule has 0 aliphatic rings. The Balaban J connectivity index is 1.64. The topological polar surface area (TPSA) is 96.3 Å². The average Bonchev–Trinajstić information content (AvgIpc) is 2.84. The first kappa shape index (κ1) is 23.2. The lowest BCUT2D eigenvalue weighted by Crippen LogP contribution is -2.14. The summed E-state index contributed by atoms with van der Waals surface area (Å²) in [6, 6.07) is 27.2. The fourth-order valence-electron chi connectivity index (χ4n) is 3.22. The Morgan fingerprint density at radius 3 is 2.35 bits per heavy atom. The Kier molecular flexibility index (Phi) is 6.77. The van der Waals surface area contributed by atoms with Crippen molar-refractivity contribution >= 4 is 54.5 Å². The molecular formula is C26H17BrN2O4S. The number of fused-ring (bicyclic) bond motifs is 1. The van der Waals surface area contributed by atoms with E-state index >= 15 is 0 Å². The van der Waals surface area contributed by atoms with Crippen LogP contribution in [0.5, 0.6) is 5.75 Å². The third-order valence-electron chi connectivity index (χ3n) is 4.92. The highest BCUT2D eigenvalue weighted by molar-refractivity contribution is 9.10. The summed E-state index contributed by atoms with van der Waals surface area (Å²) in [5, 5.41) is 13.9. The maximum atomic E-state index is 13.0. The molecule has 1 N–H and O–H groups in total. The van der Waals surface area contributed by atoms with Gasteiger partial charge in [-0.2, -0.15) is 13.7 Å². The van der Waals surface area contributed by atoms with Crippen LogP contribution >= 0.6 is 15.9 Å². The van der Waals surface area contributed by atoms with Crippen molar-refractivity contribution in [3.05, 3.63) is 107 Å². The maximum Gasteiger partial charge on any atom is 0.339 e. The summed E-state index contributed by atoms with van der Waals surface area (Å²) in [5.41, 5.74) is 0.553. The number of carbonyl (C=O) groups excluding carboxylic acids is 1. The normalized spacial score (nSPS) is 11.6. The molecule has 0 fully saturated rings. The predicted molar refractivity (Wildman–Crippen MR) is 135 cm³/mol. The van der Waals surface area contributed by atoms with Gasteiger partial charge in [-0.3, -0.25) is 4.79 Å². The van der Waals surface area contributed by atoms with Crippen molar-refractivity contribution in [2.24, 2.45) is 0 Å². The van der Waals surface area contributed by atoms with Crippen molar-refractivity contribution in [3.63, 3.8) is 0 Å². The second kappa shape index (κ2) is 9.91. The Labute approximate surface area is 205 Å². The molecule has 0 bridgehead atoms. The van der Waals surface area contributed by atoms with Gasteiger partial charge in [0.25, 0.3) is 5.91 Å². The molecule has 0 unspecified atom stereocenters. The second-order valence-electron chi connectivity index (χ2n) is 7.19. The number of hydrogen-bond donors (Lipinski definition) is 1. The smallest absolute Gasteiger partial charge is 0.339 e. The molecule has 0 heterocycles. The molecule has 0 spiro atoms. The minimum Gasteiger partial charge on any atom is -0.378 e. The van der Waals surface area contributed by atoms with Crippen molar-refractivity contribution in [1.29, 1.82) is 5.26 Å². The van der Waals surface area contributed by atoms with E-state index < -0.39 is 16.0 Å². The zero-order valence-corrected chi connectivity index (χ0v) is 20.0. The number of rotatable bonds is 6. The molecule has 34 heavy (non-hydrogen) atoms. The molecular weight excluding hydrogens is 516 g/mol. The van der Waals surface area contributed by atoms with Crippen LogP contribution < -0.4 is 9.50 Å². The summed E-state index contributed by atoms with van der Waals surface area (Å²) in [6.45, 7) is 0. The van der Waals surface area contributed by atoms with Crippen LogP contribution in [0.4, 0.5) is 5.69 Å². The van der Waals surface area contributed by atoms with Gasteiger partial charge < -0.3 is 9.50 Å². The van der Waals surface area contributed by atoms with Crippen LogP contribution in [0.1, 0.15) is 5.56 Å². The molecule has 0 aromatic heterocycles. The zero-order valence-electron chi connectivity index (χ0n) is 17.6. The number of para-hydroxylation sites is 2. The highest BCUT2D eigenvalue weighted by Gasteiger charge is 2.19. The minimum absolute atomic E-state index is 0.00263. The van der Waals surface area contributed by atoms with Gasteiger partial charge in [-0.05, 0) is 63.1 Å². The van der Waals surface area contributed by atoms with Gasteiger partial charge in [-0.25, -0.2) is 0 Å². The van der Waals surface area contributed by atoms with Crippen LogP contribution in [0.25, 0.3) is 16.8 Å². The Morgan fingerprint density at radius 2 is 1.59 bits per heavy atom.